The molecule has 6 nitrogen and oxygen atoms in total. The van der Waals surface area contributed by atoms with Crippen LogP contribution in [0.5, 0.6) is 5.75 Å². The largest absolute Gasteiger partial charge is 0.505 e. The Balaban J connectivity index is 1.88. The quantitative estimate of drug-likeness (QED) is 0.617. The Morgan fingerprint density at radius 3 is 2.50 bits per heavy atom. The first-order valence-electron chi connectivity index (χ1n) is 5.19. The van der Waals surface area contributed by atoms with Crippen LogP contribution in [0.25, 0.3) is 0 Å². The van der Waals surface area contributed by atoms with Crippen LogP contribution >= 0.6 is 0 Å². The second-order valence-electron chi connectivity index (χ2n) is 3.18. The molecule has 0 fully saturated rings. The summed E-state index contributed by atoms with van der Waals surface area (Å²) in [5, 5.41) is 12.9. The molecule has 0 bridgehead atoms. The predicted octanol–water partition coefficient (Wildman–Crippen LogP) is 0.268. The van der Waals surface area contributed by atoms with Crippen molar-refractivity contribution < 1.29 is 19.3 Å². The van der Waals surface area contributed by atoms with E-state index >= 15 is 0 Å². The van der Waals surface area contributed by atoms with Gasteiger partial charge in [0.1, 0.15) is 0 Å². The lowest BCUT2D eigenvalue weighted by Gasteiger charge is -2.05. The first-order chi connectivity index (χ1) is 7.83. The molecule has 0 spiro atoms. The number of aromatic hydroxyl groups is 1. The van der Waals surface area contributed by atoms with Crippen LogP contribution in [0.4, 0.5) is 0 Å². The molecule has 0 radical (unpaired) electrons. The van der Waals surface area contributed by atoms with Crippen LogP contribution in [0.3, 0.4) is 0 Å². The fourth-order valence-corrected chi connectivity index (χ4v) is 1.10. The maximum absolute atomic E-state index is 9.02. The van der Waals surface area contributed by atoms with Crippen LogP contribution in [0.1, 0.15) is 0 Å². The van der Waals surface area contributed by atoms with Crippen LogP contribution in [-0.4, -0.2) is 55.0 Å². The number of aromatic nitrogens is 2. The van der Waals surface area contributed by atoms with Gasteiger partial charge in [-0.25, -0.2) is 0 Å². The molecule has 0 saturated heterocycles. The third-order valence-corrected chi connectivity index (χ3v) is 1.89. The van der Waals surface area contributed by atoms with Crippen LogP contribution in [0.2, 0.25) is 0 Å². The van der Waals surface area contributed by atoms with Gasteiger partial charge in [-0.05, 0) is 0 Å². The second kappa shape index (κ2) is 8.09. The molecule has 0 amide bonds. The number of nitrogens with zero attached hydrogens (tertiary/aromatic N) is 2. The van der Waals surface area contributed by atoms with Crippen molar-refractivity contribution in [1.29, 1.82) is 0 Å². The number of hydrogen-bond donors (Lipinski definition) is 1. The molecule has 16 heavy (non-hydrogen) atoms. The lowest BCUT2D eigenvalue weighted by Crippen LogP contribution is -2.11. The SMILES string of the molecule is COCCOCCOCCn1cc(O)cn1. The van der Waals surface area contributed by atoms with Gasteiger partial charge in [-0.2, -0.15) is 5.10 Å². The number of methoxy groups -OCH3 is 1. The molecule has 1 aromatic rings. The normalized spacial score (nSPS) is 10.8. The molecule has 1 aromatic heterocycles. The van der Waals surface area contributed by atoms with Gasteiger partial charge >= 0.3 is 0 Å². The summed E-state index contributed by atoms with van der Waals surface area (Å²) in [4.78, 5) is 0. The van der Waals surface area contributed by atoms with Crippen molar-refractivity contribution in [3.8, 4) is 5.75 Å². The minimum Gasteiger partial charge on any atom is -0.505 e. The lowest BCUT2D eigenvalue weighted by atomic mass is 10.6. The highest BCUT2D eigenvalue weighted by molar-refractivity contribution is 5.08. The van der Waals surface area contributed by atoms with Crippen LogP contribution < -0.4 is 0 Å². The molecule has 0 atom stereocenters. The van der Waals surface area contributed by atoms with Crippen LogP contribution in [0, 0.1) is 0 Å². The highest BCUT2D eigenvalue weighted by Crippen LogP contribution is 2.03. The van der Waals surface area contributed by atoms with Crippen molar-refractivity contribution in [3.05, 3.63) is 12.4 Å². The monoisotopic (exact) mass is 230 g/mol. The average Bonchev–Trinajstić information content (AvgIpc) is 2.68. The molecular formula is C10H18N2O4. The van der Waals surface area contributed by atoms with E-state index in [1.807, 2.05) is 0 Å². The Labute approximate surface area is 94.7 Å². The zero-order valence-electron chi connectivity index (χ0n) is 9.46. The van der Waals surface area contributed by atoms with E-state index in [9.17, 15) is 0 Å². The molecule has 0 aliphatic heterocycles. The zero-order valence-corrected chi connectivity index (χ0v) is 9.46. The molecular weight excluding hydrogens is 212 g/mol. The summed E-state index contributed by atoms with van der Waals surface area (Å²) < 4.78 is 17.0. The lowest BCUT2D eigenvalue weighted by molar-refractivity contribution is 0.0225. The Bertz CT molecular complexity index is 278. The highest BCUT2D eigenvalue weighted by Gasteiger charge is 1.95. The van der Waals surface area contributed by atoms with E-state index in [0.29, 0.717) is 39.6 Å². The molecule has 0 aliphatic rings. The Morgan fingerprint density at radius 2 is 1.88 bits per heavy atom. The van der Waals surface area contributed by atoms with Gasteiger partial charge in [0.05, 0.1) is 52.0 Å². The predicted molar refractivity (Wildman–Crippen MR) is 57.4 cm³/mol. The summed E-state index contributed by atoms with van der Waals surface area (Å²) in [5.41, 5.74) is 0. The van der Waals surface area contributed by atoms with Crippen molar-refractivity contribution in [2.45, 2.75) is 6.54 Å². The van der Waals surface area contributed by atoms with Gasteiger partial charge in [0, 0.05) is 7.11 Å². The maximum atomic E-state index is 9.02. The first-order valence-corrected chi connectivity index (χ1v) is 5.19. The zero-order chi connectivity index (χ0) is 11.6. The van der Waals surface area contributed by atoms with Gasteiger partial charge in [0.2, 0.25) is 0 Å². The van der Waals surface area contributed by atoms with Crippen molar-refractivity contribution in [3.63, 3.8) is 0 Å². The molecule has 1 N–H and O–H groups in total. The van der Waals surface area contributed by atoms with Gasteiger partial charge in [0.15, 0.2) is 5.75 Å². The van der Waals surface area contributed by atoms with E-state index in [-0.39, 0.29) is 5.75 Å². The molecule has 0 unspecified atom stereocenters. The summed E-state index contributed by atoms with van der Waals surface area (Å²) in [6, 6.07) is 0. The second-order valence-corrected chi connectivity index (χ2v) is 3.18. The molecule has 0 aromatic carbocycles. The third-order valence-electron chi connectivity index (χ3n) is 1.89. The van der Waals surface area contributed by atoms with Gasteiger partial charge in [0.25, 0.3) is 0 Å². The number of rotatable bonds is 9. The Kier molecular flexibility index (Phi) is 6.55. The smallest absolute Gasteiger partial charge is 0.153 e. The first kappa shape index (κ1) is 13.0. The molecule has 92 valence electrons. The number of ether oxygens (including phenoxy) is 3. The number of hydrogen-bond acceptors (Lipinski definition) is 5. The minimum atomic E-state index is 0.169. The third kappa shape index (κ3) is 5.69. The summed E-state index contributed by atoms with van der Waals surface area (Å²) in [6.45, 7) is 3.48. The fraction of sp³-hybridized carbons (Fsp3) is 0.700. The van der Waals surface area contributed by atoms with E-state index < -0.39 is 0 Å². The van der Waals surface area contributed by atoms with Gasteiger partial charge < -0.3 is 19.3 Å². The van der Waals surface area contributed by atoms with E-state index in [4.69, 9.17) is 19.3 Å². The molecule has 1 rings (SSSR count). The van der Waals surface area contributed by atoms with Crippen molar-refractivity contribution >= 4 is 0 Å². The van der Waals surface area contributed by atoms with Gasteiger partial charge in [-0.1, -0.05) is 0 Å². The minimum absolute atomic E-state index is 0.169. The Morgan fingerprint density at radius 1 is 1.19 bits per heavy atom. The maximum Gasteiger partial charge on any atom is 0.153 e. The molecule has 0 aliphatic carbocycles. The highest BCUT2D eigenvalue weighted by atomic mass is 16.5. The average molecular weight is 230 g/mol. The summed E-state index contributed by atoms with van der Waals surface area (Å²) >= 11 is 0. The van der Waals surface area contributed by atoms with E-state index in [0.717, 1.165) is 0 Å². The summed E-state index contributed by atoms with van der Waals surface area (Å²) in [7, 11) is 1.64. The van der Waals surface area contributed by atoms with Crippen molar-refractivity contribution in [2.24, 2.45) is 0 Å². The van der Waals surface area contributed by atoms with Crippen LogP contribution in [-0.2, 0) is 20.8 Å². The van der Waals surface area contributed by atoms with E-state index in [2.05, 4.69) is 5.10 Å². The van der Waals surface area contributed by atoms with E-state index in [1.165, 1.54) is 6.20 Å². The topological polar surface area (TPSA) is 65.7 Å². The standard InChI is InChI=1S/C10H18N2O4/c1-14-4-5-16-7-6-15-3-2-12-9-10(13)8-11-12/h8-9,13H,2-7H2,1H3. The van der Waals surface area contributed by atoms with Crippen molar-refractivity contribution in [1.82, 2.24) is 9.78 Å². The fourth-order valence-electron chi connectivity index (χ4n) is 1.10. The van der Waals surface area contributed by atoms with E-state index in [1.54, 1.807) is 18.0 Å². The molecule has 0 saturated carbocycles. The van der Waals surface area contributed by atoms with Crippen LogP contribution in [0.15, 0.2) is 12.4 Å². The van der Waals surface area contributed by atoms with Gasteiger partial charge in [-0.15, -0.1) is 0 Å². The van der Waals surface area contributed by atoms with Crippen molar-refractivity contribution in [2.75, 3.05) is 40.1 Å². The summed E-state index contributed by atoms with van der Waals surface area (Å²) in [6.07, 6.45) is 2.95. The van der Waals surface area contributed by atoms with Gasteiger partial charge in [-0.3, -0.25) is 4.68 Å². The molecule has 1 heterocycles. The molecule has 6 heteroatoms. The summed E-state index contributed by atoms with van der Waals surface area (Å²) in [5.74, 6) is 0.169. The Hall–Kier alpha value is -1.11.